The van der Waals surface area contributed by atoms with Crippen LogP contribution in [0.4, 0.5) is 11.5 Å². The van der Waals surface area contributed by atoms with Crippen LogP contribution < -0.4 is 5.32 Å². The molecule has 0 bridgehead atoms. The van der Waals surface area contributed by atoms with E-state index in [0.29, 0.717) is 11.4 Å². The summed E-state index contributed by atoms with van der Waals surface area (Å²) >= 11 is 0. The van der Waals surface area contributed by atoms with Crippen molar-refractivity contribution in [3.05, 3.63) is 57.5 Å². The number of nitro benzene ring substituents is 1. The van der Waals surface area contributed by atoms with Gasteiger partial charge in [-0.2, -0.15) is 5.26 Å². The van der Waals surface area contributed by atoms with Crippen LogP contribution in [0.3, 0.4) is 0 Å². The lowest BCUT2D eigenvalue weighted by Crippen LogP contribution is -2.09. The van der Waals surface area contributed by atoms with Crippen molar-refractivity contribution in [2.45, 2.75) is 19.9 Å². The average Bonchev–Trinajstić information content (AvgIpc) is 2.48. The Morgan fingerprint density at radius 2 is 2.14 bits per heavy atom. The maximum Gasteiger partial charge on any atom is 0.272 e. The van der Waals surface area contributed by atoms with E-state index in [1.165, 1.54) is 12.4 Å². The van der Waals surface area contributed by atoms with Crippen LogP contribution in [0.15, 0.2) is 30.6 Å². The van der Waals surface area contributed by atoms with Gasteiger partial charge in [0.05, 0.1) is 23.4 Å². The Hall–Kier alpha value is -3.01. The number of nitriles is 1. The summed E-state index contributed by atoms with van der Waals surface area (Å²) in [6.07, 6.45) is 2.82. The summed E-state index contributed by atoms with van der Waals surface area (Å²) in [4.78, 5) is 18.5. The first-order chi connectivity index (χ1) is 10.0. The molecule has 1 unspecified atom stereocenters. The van der Waals surface area contributed by atoms with Gasteiger partial charge in [-0.3, -0.25) is 10.1 Å². The lowest BCUT2D eigenvalue weighted by molar-refractivity contribution is -0.385. The minimum absolute atomic E-state index is 0.0899. The van der Waals surface area contributed by atoms with Crippen molar-refractivity contribution in [3.8, 4) is 6.07 Å². The van der Waals surface area contributed by atoms with Gasteiger partial charge >= 0.3 is 0 Å². The Kier molecular flexibility index (Phi) is 4.09. The molecule has 1 heterocycles. The van der Waals surface area contributed by atoms with Crippen LogP contribution in [0.25, 0.3) is 0 Å². The van der Waals surface area contributed by atoms with Crippen molar-refractivity contribution in [2.24, 2.45) is 0 Å². The molecular weight excluding hydrogens is 270 g/mol. The lowest BCUT2D eigenvalue weighted by atomic mass is 10.0. The zero-order valence-electron chi connectivity index (χ0n) is 11.6. The Morgan fingerprint density at radius 3 is 2.71 bits per heavy atom. The van der Waals surface area contributed by atoms with Gasteiger partial charge in [0, 0.05) is 11.6 Å². The Bertz CT molecular complexity index is 706. The summed E-state index contributed by atoms with van der Waals surface area (Å²) in [5, 5.41) is 22.7. The molecule has 1 atom stereocenters. The van der Waals surface area contributed by atoms with E-state index in [1.54, 1.807) is 19.1 Å². The van der Waals surface area contributed by atoms with E-state index in [4.69, 9.17) is 5.26 Å². The van der Waals surface area contributed by atoms with Gasteiger partial charge in [-0.25, -0.2) is 9.97 Å². The van der Waals surface area contributed by atoms with Crippen molar-refractivity contribution in [1.82, 2.24) is 9.97 Å². The Labute approximate surface area is 121 Å². The number of nitrogens with one attached hydrogen (secondary N) is 1. The fourth-order valence-corrected chi connectivity index (χ4v) is 1.86. The van der Waals surface area contributed by atoms with Crippen LogP contribution in [0.5, 0.6) is 0 Å². The van der Waals surface area contributed by atoms with Gasteiger partial charge in [0.2, 0.25) is 0 Å². The third kappa shape index (κ3) is 3.30. The maximum absolute atomic E-state index is 11.0. The Morgan fingerprint density at radius 1 is 1.38 bits per heavy atom. The van der Waals surface area contributed by atoms with E-state index in [9.17, 15) is 10.1 Å². The minimum atomic E-state index is -0.396. The molecule has 2 rings (SSSR count). The number of hydrogen-bond acceptors (Lipinski definition) is 6. The predicted molar refractivity (Wildman–Crippen MR) is 76.6 cm³/mol. The Balaban J connectivity index is 2.20. The number of nitrogens with zero attached hydrogens (tertiary/aromatic N) is 4. The highest BCUT2D eigenvalue weighted by molar-refractivity contribution is 5.45. The summed E-state index contributed by atoms with van der Waals surface area (Å²) in [6, 6.07) is 6.81. The third-order valence-corrected chi connectivity index (χ3v) is 3.06. The van der Waals surface area contributed by atoms with Gasteiger partial charge in [0.25, 0.3) is 5.69 Å². The number of anilines is 1. The fourth-order valence-electron chi connectivity index (χ4n) is 1.86. The van der Waals surface area contributed by atoms with E-state index in [-0.39, 0.29) is 17.4 Å². The maximum atomic E-state index is 11.0. The van der Waals surface area contributed by atoms with Gasteiger partial charge in [0.1, 0.15) is 11.9 Å². The quantitative estimate of drug-likeness (QED) is 0.683. The molecule has 0 aliphatic carbocycles. The second-order valence-electron chi connectivity index (χ2n) is 4.57. The SMILES string of the molecule is Cc1ccc(C(C)Nc2cnc(C#N)cn2)cc1[N+](=O)[O-]. The van der Waals surface area contributed by atoms with Crippen LogP contribution in [0.1, 0.15) is 29.8 Å². The molecule has 0 aliphatic heterocycles. The summed E-state index contributed by atoms with van der Waals surface area (Å²) in [5.74, 6) is 0.504. The predicted octanol–water partition coefficient (Wildman–Crippen LogP) is 2.74. The van der Waals surface area contributed by atoms with Gasteiger partial charge in [-0.15, -0.1) is 0 Å². The van der Waals surface area contributed by atoms with Crippen molar-refractivity contribution < 1.29 is 4.92 Å². The number of hydrogen-bond donors (Lipinski definition) is 1. The molecule has 1 N–H and O–H groups in total. The fraction of sp³-hybridized carbons (Fsp3) is 0.214. The van der Waals surface area contributed by atoms with Crippen molar-refractivity contribution >= 4 is 11.5 Å². The van der Waals surface area contributed by atoms with Crippen molar-refractivity contribution in [3.63, 3.8) is 0 Å². The van der Waals surface area contributed by atoms with E-state index in [0.717, 1.165) is 5.56 Å². The zero-order chi connectivity index (χ0) is 15.4. The molecule has 0 spiro atoms. The van der Waals surface area contributed by atoms with Crippen LogP contribution in [0.2, 0.25) is 0 Å². The first-order valence-corrected chi connectivity index (χ1v) is 6.25. The molecule has 0 amide bonds. The summed E-state index contributed by atoms with van der Waals surface area (Å²) in [7, 11) is 0. The second kappa shape index (κ2) is 5.96. The van der Waals surface area contributed by atoms with Crippen LogP contribution in [-0.4, -0.2) is 14.9 Å². The average molecular weight is 283 g/mol. The smallest absolute Gasteiger partial charge is 0.272 e. The molecule has 0 saturated carbocycles. The van der Waals surface area contributed by atoms with Crippen LogP contribution in [0, 0.1) is 28.4 Å². The molecule has 7 nitrogen and oxygen atoms in total. The molecule has 0 radical (unpaired) electrons. The van der Waals surface area contributed by atoms with E-state index < -0.39 is 4.92 Å². The molecule has 1 aromatic carbocycles. The first-order valence-electron chi connectivity index (χ1n) is 6.25. The number of nitro groups is 1. The minimum Gasteiger partial charge on any atom is -0.362 e. The molecular formula is C14H13N5O2. The van der Waals surface area contributed by atoms with Crippen LogP contribution >= 0.6 is 0 Å². The number of aryl methyl sites for hydroxylation is 1. The zero-order valence-corrected chi connectivity index (χ0v) is 11.6. The van der Waals surface area contributed by atoms with Crippen molar-refractivity contribution in [2.75, 3.05) is 5.32 Å². The third-order valence-electron chi connectivity index (χ3n) is 3.06. The summed E-state index contributed by atoms with van der Waals surface area (Å²) in [6.45, 7) is 3.57. The highest BCUT2D eigenvalue weighted by atomic mass is 16.6. The van der Waals surface area contributed by atoms with Crippen LogP contribution in [-0.2, 0) is 0 Å². The van der Waals surface area contributed by atoms with E-state index in [1.807, 2.05) is 19.1 Å². The number of benzene rings is 1. The normalized spacial score (nSPS) is 11.5. The molecule has 0 saturated heterocycles. The monoisotopic (exact) mass is 283 g/mol. The van der Waals surface area contributed by atoms with Gasteiger partial charge < -0.3 is 5.32 Å². The van der Waals surface area contributed by atoms with Gasteiger partial charge in [0.15, 0.2) is 5.69 Å². The highest BCUT2D eigenvalue weighted by Gasteiger charge is 2.14. The highest BCUT2D eigenvalue weighted by Crippen LogP contribution is 2.24. The molecule has 2 aromatic rings. The molecule has 0 fully saturated rings. The molecule has 21 heavy (non-hydrogen) atoms. The molecule has 106 valence electrons. The lowest BCUT2D eigenvalue weighted by Gasteiger charge is -2.14. The first kappa shape index (κ1) is 14.4. The van der Waals surface area contributed by atoms with E-state index in [2.05, 4.69) is 15.3 Å². The number of rotatable bonds is 4. The molecule has 1 aromatic heterocycles. The van der Waals surface area contributed by atoms with Gasteiger partial charge in [-0.05, 0) is 19.4 Å². The summed E-state index contributed by atoms with van der Waals surface area (Å²) in [5.41, 5.74) is 1.72. The standard InChI is InChI=1S/C14H13N5O2/c1-9-3-4-11(5-13(9)19(20)21)10(2)18-14-8-16-12(6-15)7-17-14/h3-5,7-8,10H,1-2H3,(H,17,18). The summed E-state index contributed by atoms with van der Waals surface area (Å²) < 4.78 is 0. The molecule has 0 aliphatic rings. The van der Waals surface area contributed by atoms with Crippen molar-refractivity contribution in [1.29, 1.82) is 5.26 Å². The second-order valence-corrected chi connectivity index (χ2v) is 4.57. The largest absolute Gasteiger partial charge is 0.362 e. The van der Waals surface area contributed by atoms with Gasteiger partial charge in [-0.1, -0.05) is 12.1 Å². The number of aromatic nitrogens is 2. The topological polar surface area (TPSA) is 105 Å². The van der Waals surface area contributed by atoms with E-state index >= 15 is 0 Å². The molecule has 7 heteroatoms.